The minimum Gasteiger partial charge on any atom is -0.352 e. The number of halogens is 2. The summed E-state index contributed by atoms with van der Waals surface area (Å²) in [5.41, 5.74) is 0.857. The van der Waals surface area contributed by atoms with Gasteiger partial charge in [0.2, 0.25) is 11.8 Å². The van der Waals surface area contributed by atoms with Gasteiger partial charge in [-0.1, -0.05) is 0 Å². The van der Waals surface area contributed by atoms with Gasteiger partial charge in [-0.3, -0.25) is 14.4 Å². The molecule has 152 valence electrons. The molecule has 1 fully saturated rings. The third-order valence-electron chi connectivity index (χ3n) is 4.57. The van der Waals surface area contributed by atoms with Gasteiger partial charge in [-0.05, 0) is 55.3 Å². The summed E-state index contributed by atoms with van der Waals surface area (Å²) < 4.78 is 27.1. The zero-order chi connectivity index (χ0) is 20.8. The second-order valence-electron chi connectivity index (χ2n) is 6.73. The highest BCUT2D eigenvalue weighted by molar-refractivity contribution is 5.96. The Kier molecular flexibility index (Phi) is 6.54. The molecule has 3 rings (SSSR count). The zero-order valence-electron chi connectivity index (χ0n) is 15.7. The normalized spacial score (nSPS) is 13.4. The van der Waals surface area contributed by atoms with Gasteiger partial charge in [0.05, 0.1) is 5.69 Å². The molecule has 2 aromatic rings. The van der Waals surface area contributed by atoms with Gasteiger partial charge in [-0.15, -0.1) is 0 Å². The molecule has 2 N–H and O–H groups in total. The molecular weight excluding hydrogens is 380 g/mol. The molecule has 1 saturated heterocycles. The van der Waals surface area contributed by atoms with E-state index in [1.54, 1.807) is 6.07 Å². The van der Waals surface area contributed by atoms with Crippen molar-refractivity contribution in [2.75, 3.05) is 23.3 Å². The van der Waals surface area contributed by atoms with E-state index in [0.717, 1.165) is 0 Å². The Morgan fingerprint density at radius 1 is 1.07 bits per heavy atom. The van der Waals surface area contributed by atoms with E-state index in [-0.39, 0.29) is 36.4 Å². The summed E-state index contributed by atoms with van der Waals surface area (Å²) in [6.07, 6.45) is 1.64. The van der Waals surface area contributed by atoms with E-state index in [1.165, 1.54) is 41.3 Å². The molecule has 29 heavy (non-hydrogen) atoms. The Morgan fingerprint density at radius 2 is 1.83 bits per heavy atom. The molecule has 3 amide bonds. The molecule has 2 aromatic carbocycles. The number of carbonyl (C=O) groups excluding carboxylic acids is 3. The van der Waals surface area contributed by atoms with Crippen LogP contribution in [-0.4, -0.2) is 30.8 Å². The molecule has 1 aliphatic rings. The van der Waals surface area contributed by atoms with Crippen LogP contribution >= 0.6 is 0 Å². The minimum absolute atomic E-state index is 0.108. The van der Waals surface area contributed by atoms with Crippen LogP contribution in [-0.2, 0) is 9.59 Å². The van der Waals surface area contributed by atoms with Crippen LogP contribution in [0, 0.1) is 11.6 Å². The average molecular weight is 401 g/mol. The van der Waals surface area contributed by atoms with Gasteiger partial charge in [-0.25, -0.2) is 8.78 Å². The second-order valence-corrected chi connectivity index (χ2v) is 6.73. The van der Waals surface area contributed by atoms with Gasteiger partial charge >= 0.3 is 0 Å². The van der Waals surface area contributed by atoms with Crippen molar-refractivity contribution in [3.63, 3.8) is 0 Å². The van der Waals surface area contributed by atoms with Gasteiger partial charge in [0.25, 0.3) is 5.91 Å². The highest BCUT2D eigenvalue weighted by atomic mass is 19.1. The first kappa shape index (κ1) is 20.4. The van der Waals surface area contributed by atoms with Crippen molar-refractivity contribution in [2.45, 2.75) is 25.7 Å². The Balaban J connectivity index is 1.43. The molecule has 0 aromatic heterocycles. The monoisotopic (exact) mass is 401 g/mol. The van der Waals surface area contributed by atoms with Crippen molar-refractivity contribution in [3.8, 4) is 0 Å². The van der Waals surface area contributed by atoms with Crippen molar-refractivity contribution in [3.05, 3.63) is 59.7 Å². The lowest BCUT2D eigenvalue weighted by Gasteiger charge is -2.17. The van der Waals surface area contributed by atoms with E-state index in [4.69, 9.17) is 0 Å². The van der Waals surface area contributed by atoms with E-state index in [9.17, 15) is 23.2 Å². The standard InChI is InChI=1S/C21H21F2N3O3/c22-15-7-5-14(6-8-15)21(29)24-11-1-3-19(27)25-16-9-10-18(17(23)13-16)26-12-2-4-20(26)28/h5-10,13H,1-4,11-12H2,(H,24,29)(H,25,27). The predicted molar refractivity (Wildman–Crippen MR) is 105 cm³/mol. The fraction of sp³-hybridized carbons (Fsp3) is 0.286. The summed E-state index contributed by atoms with van der Waals surface area (Å²) in [6, 6.07) is 9.39. The van der Waals surface area contributed by atoms with Gasteiger partial charge < -0.3 is 15.5 Å². The summed E-state index contributed by atoms with van der Waals surface area (Å²) in [5, 5.41) is 5.25. The molecule has 0 saturated carbocycles. The van der Waals surface area contributed by atoms with Crippen molar-refractivity contribution in [2.24, 2.45) is 0 Å². The maximum absolute atomic E-state index is 14.3. The molecule has 1 heterocycles. The Bertz CT molecular complexity index is 916. The number of benzene rings is 2. The number of hydrogen-bond donors (Lipinski definition) is 2. The lowest BCUT2D eigenvalue weighted by atomic mass is 10.2. The first-order valence-corrected chi connectivity index (χ1v) is 9.37. The van der Waals surface area contributed by atoms with Crippen molar-refractivity contribution >= 4 is 29.1 Å². The number of hydrogen-bond acceptors (Lipinski definition) is 3. The molecule has 8 heteroatoms. The van der Waals surface area contributed by atoms with Crippen molar-refractivity contribution in [1.82, 2.24) is 5.32 Å². The molecule has 0 aliphatic carbocycles. The van der Waals surface area contributed by atoms with E-state index in [2.05, 4.69) is 10.6 Å². The van der Waals surface area contributed by atoms with E-state index in [0.29, 0.717) is 37.1 Å². The summed E-state index contributed by atoms with van der Waals surface area (Å²) >= 11 is 0. The van der Waals surface area contributed by atoms with E-state index < -0.39 is 11.6 Å². The number of nitrogens with one attached hydrogen (secondary N) is 2. The molecule has 0 atom stereocenters. The van der Waals surface area contributed by atoms with Crippen LogP contribution < -0.4 is 15.5 Å². The third kappa shape index (κ3) is 5.37. The fourth-order valence-electron chi connectivity index (χ4n) is 3.08. The molecular formula is C21H21F2N3O3. The maximum Gasteiger partial charge on any atom is 0.251 e. The van der Waals surface area contributed by atoms with Crippen LogP contribution in [0.15, 0.2) is 42.5 Å². The number of carbonyl (C=O) groups is 3. The van der Waals surface area contributed by atoms with Crippen LogP contribution in [0.25, 0.3) is 0 Å². The minimum atomic E-state index is -0.565. The quantitative estimate of drug-likeness (QED) is 0.699. The SMILES string of the molecule is O=C(CCCNC(=O)c1ccc(F)cc1)Nc1ccc(N2CCCC2=O)c(F)c1. The molecule has 6 nitrogen and oxygen atoms in total. The molecule has 0 spiro atoms. The summed E-state index contributed by atoms with van der Waals surface area (Å²) in [4.78, 5) is 37.0. The Morgan fingerprint density at radius 3 is 2.48 bits per heavy atom. The topological polar surface area (TPSA) is 78.5 Å². The first-order chi connectivity index (χ1) is 13.9. The van der Waals surface area contributed by atoms with Crippen LogP contribution in [0.2, 0.25) is 0 Å². The van der Waals surface area contributed by atoms with Gasteiger partial charge in [0.15, 0.2) is 0 Å². The largest absolute Gasteiger partial charge is 0.352 e. The smallest absolute Gasteiger partial charge is 0.251 e. The van der Waals surface area contributed by atoms with Crippen molar-refractivity contribution < 1.29 is 23.2 Å². The van der Waals surface area contributed by atoms with Crippen LogP contribution in [0.3, 0.4) is 0 Å². The van der Waals surface area contributed by atoms with E-state index >= 15 is 0 Å². The number of amides is 3. The summed E-state index contributed by atoms with van der Waals surface area (Å²) in [6.45, 7) is 0.763. The van der Waals surface area contributed by atoms with E-state index in [1.807, 2.05) is 0 Å². The lowest BCUT2D eigenvalue weighted by Crippen LogP contribution is -2.25. The first-order valence-electron chi connectivity index (χ1n) is 9.37. The molecule has 0 bridgehead atoms. The van der Waals surface area contributed by atoms with Crippen molar-refractivity contribution in [1.29, 1.82) is 0 Å². The lowest BCUT2D eigenvalue weighted by molar-refractivity contribution is -0.117. The van der Waals surface area contributed by atoms with Gasteiger partial charge in [-0.2, -0.15) is 0 Å². The molecule has 1 aliphatic heterocycles. The Labute approximate surface area is 166 Å². The zero-order valence-corrected chi connectivity index (χ0v) is 15.7. The predicted octanol–water partition coefficient (Wildman–Crippen LogP) is 3.24. The summed E-state index contributed by atoms with van der Waals surface area (Å²) in [5.74, 6) is -1.76. The number of rotatable bonds is 7. The highest BCUT2D eigenvalue weighted by Gasteiger charge is 2.24. The highest BCUT2D eigenvalue weighted by Crippen LogP contribution is 2.26. The Hall–Kier alpha value is -3.29. The van der Waals surface area contributed by atoms with Crippen LogP contribution in [0.1, 0.15) is 36.0 Å². The fourth-order valence-corrected chi connectivity index (χ4v) is 3.08. The third-order valence-corrected chi connectivity index (χ3v) is 4.57. The average Bonchev–Trinajstić information content (AvgIpc) is 3.11. The second kappa shape index (κ2) is 9.27. The number of anilines is 2. The van der Waals surface area contributed by atoms with Gasteiger partial charge in [0.1, 0.15) is 11.6 Å². The van der Waals surface area contributed by atoms with Crippen LogP contribution in [0.5, 0.6) is 0 Å². The number of nitrogens with zero attached hydrogens (tertiary/aromatic N) is 1. The molecule has 0 radical (unpaired) electrons. The van der Waals surface area contributed by atoms with Crippen LogP contribution in [0.4, 0.5) is 20.2 Å². The maximum atomic E-state index is 14.3. The van der Waals surface area contributed by atoms with Gasteiger partial charge in [0, 0.05) is 37.2 Å². The molecule has 0 unspecified atom stereocenters. The summed E-state index contributed by atoms with van der Waals surface area (Å²) in [7, 11) is 0.